The molecule has 0 unspecified atom stereocenters. The van der Waals surface area contributed by atoms with Crippen molar-refractivity contribution in [3.8, 4) is 5.75 Å². The van der Waals surface area contributed by atoms with E-state index in [-0.39, 0.29) is 29.5 Å². The van der Waals surface area contributed by atoms with Gasteiger partial charge in [0, 0.05) is 42.7 Å². The van der Waals surface area contributed by atoms with E-state index >= 15 is 4.39 Å². The van der Waals surface area contributed by atoms with Gasteiger partial charge in [0.15, 0.2) is 23.1 Å². The van der Waals surface area contributed by atoms with Crippen molar-refractivity contribution in [2.75, 3.05) is 47.4 Å². The summed E-state index contributed by atoms with van der Waals surface area (Å²) < 4.78 is 33.1. The summed E-state index contributed by atoms with van der Waals surface area (Å²) >= 11 is 0. The lowest BCUT2D eigenvalue weighted by atomic mass is 9.83. The highest BCUT2D eigenvalue weighted by Gasteiger charge is 2.32. The van der Waals surface area contributed by atoms with Gasteiger partial charge in [0.1, 0.15) is 11.6 Å². The maximum absolute atomic E-state index is 16.0. The molecular weight excluding hydrogens is 722 g/mol. The number of aryl methyl sites for hydroxylation is 1. The first-order valence-corrected chi connectivity index (χ1v) is 20.7. The molecule has 2 N–H and O–H groups in total. The second-order valence-corrected chi connectivity index (χ2v) is 14.3. The topological polar surface area (TPSA) is 105 Å². The first-order chi connectivity index (χ1) is 27.4. The molecule has 2 aliphatic rings. The van der Waals surface area contributed by atoms with E-state index in [9.17, 15) is 9.59 Å². The number of methoxy groups -OCH3 is 2. The lowest BCUT2D eigenvalue weighted by molar-refractivity contribution is -0.126. The first kappa shape index (κ1) is 48.5. The van der Waals surface area contributed by atoms with Crippen LogP contribution < -0.4 is 15.4 Å². The summed E-state index contributed by atoms with van der Waals surface area (Å²) in [5.41, 5.74) is 1.98. The predicted octanol–water partition coefficient (Wildman–Crippen LogP) is 9.44. The molecule has 2 atom stereocenters. The van der Waals surface area contributed by atoms with Gasteiger partial charge < -0.3 is 29.7 Å². The smallest absolute Gasteiger partial charge is 0.259 e. The van der Waals surface area contributed by atoms with Crippen LogP contribution in [-0.2, 0) is 19.1 Å². The number of likely N-dealkylation sites (tertiary alicyclic amines) is 1. The van der Waals surface area contributed by atoms with Crippen LogP contribution in [0.4, 0.5) is 4.39 Å². The van der Waals surface area contributed by atoms with E-state index in [0.29, 0.717) is 58.5 Å². The highest BCUT2D eigenvalue weighted by atomic mass is 19.1. The number of nitrogens with zero attached hydrogens (tertiary/aromatic N) is 3. The molecular formula is C46H70FN5O5. The lowest BCUT2D eigenvalue weighted by Gasteiger charge is -2.34. The van der Waals surface area contributed by atoms with Crippen LogP contribution in [0.1, 0.15) is 110 Å². The minimum atomic E-state index is -0.706. The van der Waals surface area contributed by atoms with E-state index in [1.807, 2.05) is 13.8 Å². The Morgan fingerprint density at radius 1 is 1.04 bits per heavy atom. The van der Waals surface area contributed by atoms with E-state index in [0.717, 1.165) is 51.7 Å². The van der Waals surface area contributed by atoms with Crippen molar-refractivity contribution >= 4 is 17.9 Å². The van der Waals surface area contributed by atoms with Gasteiger partial charge in [-0.05, 0) is 115 Å². The fourth-order valence-corrected chi connectivity index (χ4v) is 6.77. The molecule has 0 spiro atoms. The Labute approximate surface area is 342 Å². The molecule has 10 nitrogen and oxygen atoms in total. The summed E-state index contributed by atoms with van der Waals surface area (Å²) in [6.07, 6.45) is 19.3. The summed E-state index contributed by atoms with van der Waals surface area (Å²) in [7, 11) is 4.70. The number of nitrogens with one attached hydrogen (secondary N) is 2. The van der Waals surface area contributed by atoms with Gasteiger partial charge in [-0.3, -0.25) is 19.5 Å². The second-order valence-electron chi connectivity index (χ2n) is 14.3. The maximum atomic E-state index is 16.0. The summed E-state index contributed by atoms with van der Waals surface area (Å²) in [5, 5.41) is 6.53. The van der Waals surface area contributed by atoms with Crippen LogP contribution in [-0.4, -0.2) is 80.1 Å². The fraction of sp³-hybridized carbons (Fsp3) is 0.543. The van der Waals surface area contributed by atoms with Crippen molar-refractivity contribution in [1.82, 2.24) is 25.4 Å². The van der Waals surface area contributed by atoms with Gasteiger partial charge in [-0.25, -0.2) is 4.39 Å². The van der Waals surface area contributed by atoms with Crippen LogP contribution in [0.2, 0.25) is 0 Å². The van der Waals surface area contributed by atoms with Crippen molar-refractivity contribution < 1.29 is 28.2 Å². The van der Waals surface area contributed by atoms with Crippen molar-refractivity contribution in [3.63, 3.8) is 0 Å². The third kappa shape index (κ3) is 15.0. The molecule has 1 aromatic rings. The van der Waals surface area contributed by atoms with Crippen molar-refractivity contribution in [2.24, 2.45) is 5.92 Å². The number of amides is 2. The lowest BCUT2D eigenvalue weighted by Crippen LogP contribution is -2.48. The molecule has 1 aliphatic heterocycles. The molecule has 2 heterocycles. The number of hydrogen-bond acceptors (Lipinski definition) is 8. The number of carbonyl (C=O) groups excluding carboxylic acids is 2. The van der Waals surface area contributed by atoms with Crippen LogP contribution in [0.5, 0.6) is 5.75 Å². The number of carbonyl (C=O) groups is 2. The van der Waals surface area contributed by atoms with Gasteiger partial charge in [0.2, 0.25) is 5.91 Å². The number of likely N-dealkylation sites (N-methyl/N-ethyl adjacent to an activating group) is 1. The zero-order valence-corrected chi connectivity index (χ0v) is 36.3. The summed E-state index contributed by atoms with van der Waals surface area (Å²) in [6.45, 7) is 23.5. The third-order valence-corrected chi connectivity index (χ3v) is 10.4. The fourth-order valence-electron chi connectivity index (χ4n) is 6.77. The van der Waals surface area contributed by atoms with Gasteiger partial charge in [-0.15, -0.1) is 0 Å². The van der Waals surface area contributed by atoms with E-state index < -0.39 is 5.83 Å². The molecule has 1 saturated heterocycles. The minimum Gasteiger partial charge on any atom is -0.493 e. The largest absolute Gasteiger partial charge is 0.493 e. The van der Waals surface area contributed by atoms with Crippen LogP contribution >= 0.6 is 0 Å². The number of aromatic nitrogens is 1. The van der Waals surface area contributed by atoms with Crippen LogP contribution in [0.3, 0.4) is 0 Å². The SMILES string of the molecule is C=C\C(Oc1ccnc(C)c1/C=C(OC)\C(=C/C)OC)=C(F)/C=C(CC)/C(=C/C)C(=O)N(C)C(=C)N[C@@H]1CCCC[C@@H]1C(=O)NCCCN1CCCC1.CCCC. The number of halogens is 1. The van der Waals surface area contributed by atoms with E-state index in [1.54, 1.807) is 58.5 Å². The molecule has 57 heavy (non-hydrogen) atoms. The van der Waals surface area contributed by atoms with E-state index in [2.05, 4.69) is 47.5 Å². The zero-order valence-electron chi connectivity index (χ0n) is 36.3. The Hall–Kier alpha value is -4.64. The predicted molar refractivity (Wildman–Crippen MR) is 230 cm³/mol. The van der Waals surface area contributed by atoms with Crippen molar-refractivity contribution in [2.45, 2.75) is 112 Å². The minimum absolute atomic E-state index is 0.0416. The van der Waals surface area contributed by atoms with E-state index in [1.165, 1.54) is 49.8 Å². The monoisotopic (exact) mass is 792 g/mol. The molecule has 0 bridgehead atoms. The molecule has 11 heteroatoms. The second kappa shape index (κ2) is 26.3. The average molecular weight is 792 g/mol. The average Bonchev–Trinajstić information content (AvgIpc) is 3.75. The van der Waals surface area contributed by atoms with Gasteiger partial charge in [-0.1, -0.05) is 65.7 Å². The van der Waals surface area contributed by atoms with Crippen LogP contribution in [0, 0.1) is 12.8 Å². The van der Waals surface area contributed by atoms with Crippen LogP contribution in [0.15, 0.2) is 89.8 Å². The molecule has 1 saturated carbocycles. The van der Waals surface area contributed by atoms with Crippen molar-refractivity contribution in [3.05, 3.63) is 101 Å². The summed E-state index contributed by atoms with van der Waals surface area (Å²) in [4.78, 5) is 35.4. The Bertz CT molecular complexity index is 1640. The highest BCUT2D eigenvalue weighted by Crippen LogP contribution is 2.30. The summed E-state index contributed by atoms with van der Waals surface area (Å²) in [6, 6.07) is 1.48. The molecule has 0 aromatic carbocycles. The molecule has 3 rings (SSSR count). The van der Waals surface area contributed by atoms with Crippen molar-refractivity contribution in [1.29, 1.82) is 0 Å². The molecule has 2 amide bonds. The van der Waals surface area contributed by atoms with E-state index in [4.69, 9.17) is 14.2 Å². The number of ether oxygens (including phenoxy) is 3. The normalized spacial score (nSPS) is 18.4. The number of rotatable bonds is 20. The first-order valence-electron chi connectivity index (χ1n) is 20.7. The third-order valence-electron chi connectivity index (χ3n) is 10.4. The molecule has 1 aromatic heterocycles. The number of unbranched alkanes of at least 4 members (excludes halogenated alkanes) is 1. The number of pyridine rings is 1. The van der Waals surface area contributed by atoms with Gasteiger partial charge in [0.05, 0.1) is 20.1 Å². The molecule has 316 valence electrons. The molecule has 0 radical (unpaired) electrons. The Balaban J connectivity index is 0.00000267. The quantitative estimate of drug-likeness (QED) is 0.0583. The number of allylic oxidation sites excluding steroid dienone is 5. The molecule has 2 fully saturated rings. The van der Waals surface area contributed by atoms with Gasteiger partial charge in [0.25, 0.3) is 5.91 Å². The van der Waals surface area contributed by atoms with Gasteiger partial charge >= 0.3 is 0 Å². The van der Waals surface area contributed by atoms with Crippen LogP contribution in [0.25, 0.3) is 6.08 Å². The Kier molecular flexibility index (Phi) is 22.4. The van der Waals surface area contributed by atoms with Gasteiger partial charge in [-0.2, -0.15) is 0 Å². The Morgan fingerprint density at radius 2 is 1.70 bits per heavy atom. The molecule has 1 aliphatic carbocycles. The zero-order chi connectivity index (χ0) is 42.3. The maximum Gasteiger partial charge on any atom is 0.259 e. The Morgan fingerprint density at radius 3 is 2.28 bits per heavy atom. The summed E-state index contributed by atoms with van der Waals surface area (Å²) in [5.74, 6) is 0.298. The number of hydrogen-bond donors (Lipinski definition) is 2. The standard InChI is InChI=1S/C42H60FN5O5.C4H10/c1-10-31(27-35(43)37(12-3)53-39-21-23-44-29(5)34(39)28-40(52-9)38(13-4)51-8)32(11-2)42(50)47(7)30(6)46-36-20-15-14-19-33(36)41(49)45-22-18-26-48-24-16-17-25-48;1-3-4-2/h11-13,21,23,27-28,33,36,46H,3,6,10,14-20,22,24-26H2,1-2,4-5,7-9H3,(H,45,49);3-4H2,1-2H3/b31-27+,32-11-,37-35-,38-13+,40-28+;/t33-,36+;/m0./s1. The highest BCUT2D eigenvalue weighted by molar-refractivity contribution is 5.98.